The Morgan fingerprint density at radius 2 is 1.96 bits per heavy atom. The van der Waals surface area contributed by atoms with Crippen molar-refractivity contribution in [2.45, 2.75) is 25.8 Å². The molecule has 2 amide bonds. The molecule has 1 N–H and O–H groups in total. The summed E-state index contributed by atoms with van der Waals surface area (Å²) in [6, 6.07) is 8.64. The second-order valence-corrected chi connectivity index (χ2v) is 6.76. The van der Waals surface area contributed by atoms with Crippen molar-refractivity contribution in [3.05, 3.63) is 24.3 Å². The van der Waals surface area contributed by atoms with E-state index in [0.29, 0.717) is 6.04 Å². The minimum Gasteiger partial charge on any atom is -0.495 e. The molecule has 0 saturated carbocycles. The number of piperazine rings is 1. The molecule has 138 valence electrons. The van der Waals surface area contributed by atoms with E-state index in [4.69, 9.17) is 4.74 Å². The molecule has 6 heteroatoms. The van der Waals surface area contributed by atoms with Gasteiger partial charge in [0.25, 0.3) is 0 Å². The van der Waals surface area contributed by atoms with Crippen LogP contribution < -0.4 is 15.0 Å². The van der Waals surface area contributed by atoms with Crippen LogP contribution in [0.3, 0.4) is 0 Å². The second kappa shape index (κ2) is 8.43. The smallest absolute Gasteiger partial charge is 0.317 e. The number of anilines is 1. The fourth-order valence-electron chi connectivity index (χ4n) is 3.90. The number of hydrogen-bond acceptors (Lipinski definition) is 4. The van der Waals surface area contributed by atoms with Gasteiger partial charge >= 0.3 is 6.03 Å². The zero-order valence-electron chi connectivity index (χ0n) is 15.4. The Kier molecular flexibility index (Phi) is 6.02. The summed E-state index contributed by atoms with van der Waals surface area (Å²) < 4.78 is 5.45. The number of methoxy groups -OCH3 is 1. The number of rotatable bonds is 5. The normalized spacial score (nSPS) is 21.4. The first-order chi connectivity index (χ1) is 12.2. The Labute approximate surface area is 150 Å². The maximum absolute atomic E-state index is 12.5. The third-order valence-corrected chi connectivity index (χ3v) is 5.39. The number of benzene rings is 1. The minimum absolute atomic E-state index is 0.0719. The van der Waals surface area contributed by atoms with E-state index in [2.05, 4.69) is 28.1 Å². The first kappa shape index (κ1) is 17.9. The van der Waals surface area contributed by atoms with E-state index in [1.54, 1.807) is 7.11 Å². The lowest BCUT2D eigenvalue weighted by Crippen LogP contribution is -2.53. The van der Waals surface area contributed by atoms with Crippen molar-refractivity contribution in [1.82, 2.24) is 15.1 Å². The van der Waals surface area contributed by atoms with Gasteiger partial charge in [-0.15, -0.1) is 0 Å². The molecule has 1 aromatic rings. The van der Waals surface area contributed by atoms with E-state index >= 15 is 0 Å². The van der Waals surface area contributed by atoms with Crippen LogP contribution in [0.5, 0.6) is 5.75 Å². The Hall–Kier alpha value is -1.95. The van der Waals surface area contributed by atoms with Crippen molar-refractivity contribution in [3.63, 3.8) is 0 Å². The van der Waals surface area contributed by atoms with Gasteiger partial charge < -0.3 is 19.9 Å². The number of nitrogens with zero attached hydrogens (tertiary/aromatic N) is 3. The molecule has 6 nitrogen and oxygen atoms in total. The SMILES string of the molecule is CCN1CCC[C@H]1CNC(=O)N1CCN(c2ccccc2OC)CC1. The van der Waals surface area contributed by atoms with Crippen LogP contribution in [0.1, 0.15) is 19.8 Å². The van der Waals surface area contributed by atoms with Crippen molar-refractivity contribution in [2.24, 2.45) is 0 Å². The molecule has 25 heavy (non-hydrogen) atoms. The number of amides is 2. The number of para-hydroxylation sites is 2. The van der Waals surface area contributed by atoms with E-state index < -0.39 is 0 Å². The summed E-state index contributed by atoms with van der Waals surface area (Å²) in [5.41, 5.74) is 1.11. The zero-order chi connectivity index (χ0) is 17.6. The summed E-state index contributed by atoms with van der Waals surface area (Å²) in [5, 5.41) is 3.14. The third kappa shape index (κ3) is 4.18. The van der Waals surface area contributed by atoms with Crippen LogP contribution in [0.2, 0.25) is 0 Å². The molecule has 0 unspecified atom stereocenters. The fourth-order valence-corrected chi connectivity index (χ4v) is 3.90. The van der Waals surface area contributed by atoms with Crippen LogP contribution in [-0.4, -0.2) is 74.8 Å². The molecule has 2 heterocycles. The number of carbonyl (C=O) groups excluding carboxylic acids is 1. The lowest BCUT2D eigenvalue weighted by Gasteiger charge is -2.36. The van der Waals surface area contributed by atoms with Crippen molar-refractivity contribution < 1.29 is 9.53 Å². The number of urea groups is 1. The fraction of sp³-hybridized carbons (Fsp3) is 0.632. The molecule has 0 radical (unpaired) electrons. The molecular formula is C19H30N4O2. The Bertz CT molecular complexity index is 572. The number of likely N-dealkylation sites (N-methyl/N-ethyl adjacent to an activating group) is 1. The van der Waals surface area contributed by atoms with Crippen molar-refractivity contribution in [1.29, 1.82) is 0 Å². The maximum Gasteiger partial charge on any atom is 0.317 e. The van der Waals surface area contributed by atoms with Crippen LogP contribution in [0.25, 0.3) is 0 Å². The largest absolute Gasteiger partial charge is 0.495 e. The molecule has 3 rings (SSSR count). The Morgan fingerprint density at radius 3 is 2.68 bits per heavy atom. The molecule has 0 bridgehead atoms. The summed E-state index contributed by atoms with van der Waals surface area (Å²) >= 11 is 0. The standard InChI is InChI=1S/C19H30N4O2/c1-3-21-10-6-7-16(21)15-20-19(24)23-13-11-22(12-14-23)17-8-4-5-9-18(17)25-2/h4-5,8-9,16H,3,6-7,10-15H2,1-2H3,(H,20,24)/t16-/m0/s1. The van der Waals surface area contributed by atoms with Crippen LogP contribution >= 0.6 is 0 Å². The predicted molar refractivity (Wildman–Crippen MR) is 100 cm³/mol. The average Bonchev–Trinajstić information content (AvgIpc) is 3.13. The lowest BCUT2D eigenvalue weighted by atomic mass is 10.2. The molecule has 1 atom stereocenters. The molecule has 0 aliphatic carbocycles. The molecule has 2 fully saturated rings. The highest BCUT2D eigenvalue weighted by atomic mass is 16.5. The second-order valence-electron chi connectivity index (χ2n) is 6.76. The van der Waals surface area contributed by atoms with Gasteiger partial charge in [0.15, 0.2) is 0 Å². The van der Waals surface area contributed by atoms with E-state index in [1.165, 1.54) is 12.8 Å². The highest BCUT2D eigenvalue weighted by Gasteiger charge is 2.26. The van der Waals surface area contributed by atoms with Crippen molar-refractivity contribution >= 4 is 11.7 Å². The Balaban J connectivity index is 1.48. The topological polar surface area (TPSA) is 48.1 Å². The summed E-state index contributed by atoms with van der Waals surface area (Å²) in [6.45, 7) is 8.33. The molecule has 0 spiro atoms. The quantitative estimate of drug-likeness (QED) is 0.886. The third-order valence-electron chi connectivity index (χ3n) is 5.39. The summed E-state index contributed by atoms with van der Waals surface area (Å²) in [5.74, 6) is 0.890. The van der Waals surface area contributed by atoms with Gasteiger partial charge in [-0.3, -0.25) is 4.90 Å². The number of carbonyl (C=O) groups is 1. The first-order valence-corrected chi connectivity index (χ1v) is 9.37. The van der Waals surface area contributed by atoms with Crippen LogP contribution in [0.15, 0.2) is 24.3 Å². The van der Waals surface area contributed by atoms with E-state index in [-0.39, 0.29) is 6.03 Å². The van der Waals surface area contributed by atoms with Crippen LogP contribution in [0.4, 0.5) is 10.5 Å². The van der Waals surface area contributed by atoms with Gasteiger partial charge in [-0.1, -0.05) is 19.1 Å². The van der Waals surface area contributed by atoms with Gasteiger partial charge in [-0.2, -0.15) is 0 Å². The van der Waals surface area contributed by atoms with Gasteiger partial charge in [-0.25, -0.2) is 4.79 Å². The van der Waals surface area contributed by atoms with Gasteiger partial charge in [-0.05, 0) is 38.1 Å². The van der Waals surface area contributed by atoms with E-state index in [1.807, 2.05) is 23.1 Å². The highest BCUT2D eigenvalue weighted by Crippen LogP contribution is 2.28. The molecular weight excluding hydrogens is 316 g/mol. The Morgan fingerprint density at radius 1 is 1.20 bits per heavy atom. The van der Waals surface area contributed by atoms with Gasteiger partial charge in [0.1, 0.15) is 5.75 Å². The van der Waals surface area contributed by atoms with Crippen LogP contribution in [0, 0.1) is 0 Å². The zero-order valence-corrected chi connectivity index (χ0v) is 15.4. The number of hydrogen-bond donors (Lipinski definition) is 1. The number of nitrogens with one attached hydrogen (secondary N) is 1. The molecule has 2 aliphatic rings. The summed E-state index contributed by atoms with van der Waals surface area (Å²) in [6.07, 6.45) is 2.43. The first-order valence-electron chi connectivity index (χ1n) is 9.37. The average molecular weight is 346 g/mol. The lowest BCUT2D eigenvalue weighted by molar-refractivity contribution is 0.188. The van der Waals surface area contributed by atoms with Gasteiger partial charge in [0.2, 0.25) is 0 Å². The summed E-state index contributed by atoms with van der Waals surface area (Å²) in [7, 11) is 1.70. The minimum atomic E-state index is 0.0719. The van der Waals surface area contributed by atoms with E-state index in [0.717, 1.165) is 57.3 Å². The molecule has 2 aliphatic heterocycles. The predicted octanol–water partition coefficient (Wildman–Crippen LogP) is 2.01. The van der Waals surface area contributed by atoms with Gasteiger partial charge in [0, 0.05) is 38.8 Å². The van der Waals surface area contributed by atoms with Crippen molar-refractivity contribution in [2.75, 3.05) is 57.8 Å². The van der Waals surface area contributed by atoms with Crippen molar-refractivity contribution in [3.8, 4) is 5.75 Å². The number of ether oxygens (including phenoxy) is 1. The molecule has 0 aromatic heterocycles. The van der Waals surface area contributed by atoms with Gasteiger partial charge in [0.05, 0.1) is 12.8 Å². The monoisotopic (exact) mass is 346 g/mol. The molecule has 2 saturated heterocycles. The highest BCUT2D eigenvalue weighted by molar-refractivity contribution is 5.74. The summed E-state index contributed by atoms with van der Waals surface area (Å²) in [4.78, 5) is 19.1. The molecule has 1 aromatic carbocycles. The van der Waals surface area contributed by atoms with Crippen LogP contribution in [-0.2, 0) is 0 Å². The maximum atomic E-state index is 12.5. The number of likely N-dealkylation sites (tertiary alicyclic amines) is 1. The van der Waals surface area contributed by atoms with E-state index in [9.17, 15) is 4.79 Å².